The molecule has 0 bridgehead atoms. The third-order valence-electron chi connectivity index (χ3n) is 5.69. The Labute approximate surface area is 192 Å². The van der Waals surface area contributed by atoms with Gasteiger partial charge in [-0.25, -0.2) is 0 Å². The van der Waals surface area contributed by atoms with Gasteiger partial charge < -0.3 is 9.73 Å². The largest absolute Gasteiger partial charge is 0.461 e. The average Bonchev–Trinajstić information content (AvgIpc) is 3.49. The van der Waals surface area contributed by atoms with Crippen LogP contribution in [-0.2, 0) is 4.79 Å². The molecule has 1 aliphatic rings. The van der Waals surface area contributed by atoms with Crippen molar-refractivity contribution < 1.29 is 14.0 Å². The molecule has 162 valence electrons. The molecule has 0 saturated heterocycles. The van der Waals surface area contributed by atoms with E-state index in [4.69, 9.17) is 4.42 Å². The molecule has 5 rings (SSSR count). The molecule has 1 unspecified atom stereocenters. The maximum atomic E-state index is 13.9. The Balaban J connectivity index is 1.71. The number of hydrogen-bond donors (Lipinski definition) is 1. The van der Waals surface area contributed by atoms with E-state index in [0.29, 0.717) is 11.3 Å². The first-order chi connectivity index (χ1) is 16.1. The van der Waals surface area contributed by atoms with Crippen molar-refractivity contribution in [2.45, 2.75) is 13.0 Å². The van der Waals surface area contributed by atoms with E-state index in [2.05, 4.69) is 5.32 Å². The molecule has 1 N–H and O–H groups in total. The number of rotatable bonds is 6. The number of para-hydroxylation sites is 1. The lowest BCUT2D eigenvalue weighted by Crippen LogP contribution is -2.31. The third kappa shape index (κ3) is 3.85. The number of amides is 1. The summed E-state index contributed by atoms with van der Waals surface area (Å²) >= 11 is 0. The van der Waals surface area contributed by atoms with Crippen LogP contribution in [0.1, 0.15) is 27.7 Å². The van der Waals surface area contributed by atoms with E-state index in [1.807, 2.05) is 91.9 Å². The molecule has 5 heteroatoms. The second-order valence-electron chi connectivity index (χ2n) is 7.91. The number of hydrogen-bond acceptors (Lipinski definition) is 4. The van der Waals surface area contributed by atoms with Gasteiger partial charge in [0.05, 0.1) is 17.9 Å². The van der Waals surface area contributed by atoms with E-state index in [1.165, 1.54) is 6.26 Å². The van der Waals surface area contributed by atoms with E-state index in [9.17, 15) is 9.59 Å². The molecule has 4 aromatic rings. The summed E-state index contributed by atoms with van der Waals surface area (Å²) in [6.45, 7) is 2.00. The quantitative estimate of drug-likeness (QED) is 0.382. The van der Waals surface area contributed by atoms with Crippen LogP contribution in [0.4, 0.5) is 11.4 Å². The minimum absolute atomic E-state index is 0.192. The number of furan rings is 1. The second-order valence-corrected chi connectivity index (χ2v) is 7.91. The Morgan fingerprint density at radius 2 is 1.52 bits per heavy atom. The predicted octanol–water partition coefficient (Wildman–Crippen LogP) is 5.93. The van der Waals surface area contributed by atoms with Gasteiger partial charge in [-0.05, 0) is 48.9 Å². The Hall–Kier alpha value is -4.38. The second kappa shape index (κ2) is 8.63. The standard InChI is InChI=1S/C28H22N2O3/c1-19-14-16-21(17-15-19)29-25-24(27(31)23-13-8-18-33-23)26(20-9-4-2-5-10-20)30(28(25)32)22-11-6-3-7-12-22/h2-18,26,29H,1H3. The van der Waals surface area contributed by atoms with Crippen molar-refractivity contribution in [3.8, 4) is 0 Å². The molecule has 0 saturated carbocycles. The first kappa shape index (κ1) is 20.5. The Morgan fingerprint density at radius 3 is 2.15 bits per heavy atom. The summed E-state index contributed by atoms with van der Waals surface area (Å²) in [5.74, 6) is -0.405. The zero-order chi connectivity index (χ0) is 22.8. The number of benzene rings is 3. The molecule has 0 fully saturated rings. The Kier molecular flexibility index (Phi) is 5.37. The van der Waals surface area contributed by atoms with Crippen LogP contribution in [0.25, 0.3) is 0 Å². The van der Waals surface area contributed by atoms with E-state index in [0.717, 1.165) is 16.8 Å². The van der Waals surface area contributed by atoms with Crippen molar-refractivity contribution in [1.82, 2.24) is 0 Å². The molecule has 0 spiro atoms. The van der Waals surface area contributed by atoms with Crippen molar-refractivity contribution in [2.75, 3.05) is 10.2 Å². The van der Waals surface area contributed by atoms with Crippen molar-refractivity contribution in [2.24, 2.45) is 0 Å². The van der Waals surface area contributed by atoms with Crippen molar-refractivity contribution >= 4 is 23.1 Å². The summed E-state index contributed by atoms with van der Waals surface area (Å²) in [6, 6.07) is 29.4. The summed E-state index contributed by atoms with van der Waals surface area (Å²) in [4.78, 5) is 29.2. The number of carbonyl (C=O) groups excluding carboxylic acids is 2. The SMILES string of the molecule is Cc1ccc(NC2=C(C(=O)c3ccco3)C(c3ccccc3)N(c3ccccc3)C2=O)cc1. The maximum Gasteiger partial charge on any atom is 0.276 e. The molecule has 0 aliphatic carbocycles. The van der Waals surface area contributed by atoms with Crippen molar-refractivity contribution in [3.05, 3.63) is 131 Å². The molecule has 1 aromatic heterocycles. The van der Waals surface area contributed by atoms with Crippen LogP contribution in [0.3, 0.4) is 0 Å². The van der Waals surface area contributed by atoms with Crippen LogP contribution in [0.2, 0.25) is 0 Å². The highest BCUT2D eigenvalue weighted by Crippen LogP contribution is 2.42. The fraction of sp³-hybridized carbons (Fsp3) is 0.0714. The smallest absolute Gasteiger partial charge is 0.276 e. The van der Waals surface area contributed by atoms with Gasteiger partial charge in [0.15, 0.2) is 5.76 Å². The fourth-order valence-electron chi connectivity index (χ4n) is 4.10. The zero-order valence-electron chi connectivity index (χ0n) is 18.1. The average molecular weight is 434 g/mol. The molecule has 5 nitrogen and oxygen atoms in total. The topological polar surface area (TPSA) is 62.6 Å². The van der Waals surface area contributed by atoms with Crippen LogP contribution < -0.4 is 10.2 Å². The number of aryl methyl sites for hydroxylation is 1. The first-order valence-corrected chi connectivity index (χ1v) is 10.7. The summed E-state index contributed by atoms with van der Waals surface area (Å²) in [7, 11) is 0. The van der Waals surface area contributed by atoms with Gasteiger partial charge in [-0.15, -0.1) is 0 Å². The van der Waals surface area contributed by atoms with E-state index >= 15 is 0 Å². The fourth-order valence-corrected chi connectivity index (χ4v) is 4.10. The van der Waals surface area contributed by atoms with Gasteiger partial charge in [-0.1, -0.05) is 66.2 Å². The highest BCUT2D eigenvalue weighted by molar-refractivity contribution is 6.22. The van der Waals surface area contributed by atoms with E-state index < -0.39 is 6.04 Å². The highest BCUT2D eigenvalue weighted by Gasteiger charge is 2.45. The number of nitrogens with one attached hydrogen (secondary N) is 1. The van der Waals surface area contributed by atoms with Crippen LogP contribution >= 0.6 is 0 Å². The van der Waals surface area contributed by atoms with Gasteiger partial charge in [0, 0.05) is 11.4 Å². The molecular formula is C28H22N2O3. The van der Waals surface area contributed by atoms with Crippen LogP contribution in [0, 0.1) is 6.92 Å². The van der Waals surface area contributed by atoms with Gasteiger partial charge in [0.25, 0.3) is 5.91 Å². The number of ketones is 1. The normalized spacial score (nSPS) is 15.7. The molecular weight excluding hydrogens is 412 g/mol. The molecule has 1 amide bonds. The summed E-state index contributed by atoms with van der Waals surface area (Å²) in [5.41, 5.74) is 3.98. The molecule has 3 aromatic carbocycles. The van der Waals surface area contributed by atoms with E-state index in [-0.39, 0.29) is 23.1 Å². The van der Waals surface area contributed by atoms with Gasteiger partial charge in [0.1, 0.15) is 5.70 Å². The third-order valence-corrected chi connectivity index (χ3v) is 5.69. The summed E-state index contributed by atoms with van der Waals surface area (Å²) in [6.07, 6.45) is 1.46. The molecule has 1 aliphatic heterocycles. The molecule has 0 radical (unpaired) electrons. The first-order valence-electron chi connectivity index (χ1n) is 10.7. The van der Waals surface area contributed by atoms with Gasteiger partial charge in [-0.2, -0.15) is 0 Å². The van der Waals surface area contributed by atoms with Crippen molar-refractivity contribution in [1.29, 1.82) is 0 Å². The van der Waals surface area contributed by atoms with Gasteiger partial charge in [0.2, 0.25) is 5.78 Å². The number of anilines is 2. The van der Waals surface area contributed by atoms with Gasteiger partial charge in [-0.3, -0.25) is 14.5 Å². The minimum Gasteiger partial charge on any atom is -0.461 e. The van der Waals surface area contributed by atoms with Crippen LogP contribution in [-0.4, -0.2) is 11.7 Å². The van der Waals surface area contributed by atoms with Crippen LogP contribution in [0.15, 0.2) is 119 Å². The summed E-state index contributed by atoms with van der Waals surface area (Å²) in [5, 5.41) is 3.24. The molecule has 33 heavy (non-hydrogen) atoms. The number of Topliss-reactive ketones (excluding diaryl/α,β-unsaturated/α-hetero) is 1. The molecule has 1 atom stereocenters. The zero-order valence-corrected chi connectivity index (χ0v) is 18.1. The number of carbonyl (C=O) groups is 2. The van der Waals surface area contributed by atoms with E-state index in [1.54, 1.807) is 17.0 Å². The summed E-state index contributed by atoms with van der Waals surface area (Å²) < 4.78 is 5.44. The highest BCUT2D eigenvalue weighted by atomic mass is 16.3. The lowest BCUT2D eigenvalue weighted by Gasteiger charge is -2.27. The number of nitrogens with zero attached hydrogens (tertiary/aromatic N) is 1. The minimum atomic E-state index is -0.605. The Bertz CT molecular complexity index is 1310. The van der Waals surface area contributed by atoms with Gasteiger partial charge >= 0.3 is 0 Å². The van der Waals surface area contributed by atoms with Crippen LogP contribution in [0.5, 0.6) is 0 Å². The maximum absolute atomic E-state index is 13.9. The monoisotopic (exact) mass is 434 g/mol. The Morgan fingerprint density at radius 1 is 0.848 bits per heavy atom. The predicted molar refractivity (Wildman–Crippen MR) is 128 cm³/mol. The molecule has 2 heterocycles. The lowest BCUT2D eigenvalue weighted by molar-refractivity contribution is -0.114. The lowest BCUT2D eigenvalue weighted by atomic mass is 9.94. The van der Waals surface area contributed by atoms with Crippen molar-refractivity contribution in [3.63, 3.8) is 0 Å².